The number of nitrogens with two attached hydrogens (primary N) is 1. The van der Waals surface area contributed by atoms with Gasteiger partial charge in [0.2, 0.25) is 0 Å². The van der Waals surface area contributed by atoms with Gasteiger partial charge in [-0.2, -0.15) is 0 Å². The van der Waals surface area contributed by atoms with Gasteiger partial charge in [0.15, 0.2) is 11.5 Å². The number of hydrogen-bond acceptors (Lipinski definition) is 3. The molecule has 0 bridgehead atoms. The van der Waals surface area contributed by atoms with Crippen molar-refractivity contribution in [3.05, 3.63) is 36.9 Å². The van der Waals surface area contributed by atoms with Crippen molar-refractivity contribution < 1.29 is 9.47 Å². The summed E-state index contributed by atoms with van der Waals surface area (Å²) >= 11 is 0. The molecule has 0 fully saturated rings. The third-order valence-corrected chi connectivity index (χ3v) is 2.16. The quantitative estimate of drug-likeness (QED) is 0.724. The van der Waals surface area contributed by atoms with Crippen LogP contribution in [0.4, 0.5) is 0 Å². The molecule has 0 heterocycles. The average Bonchev–Trinajstić information content (AvgIpc) is 2.31. The number of benzene rings is 1. The molecule has 1 atom stereocenters. The molecule has 1 rings (SSSR count). The molecule has 0 aliphatic rings. The lowest BCUT2D eigenvalue weighted by Crippen LogP contribution is -2.19. The molecule has 1 aromatic rings. The Bertz CT molecular complexity index is 312. The van der Waals surface area contributed by atoms with Crippen molar-refractivity contribution in [3.63, 3.8) is 0 Å². The Kier molecular flexibility index (Phi) is 4.71. The van der Waals surface area contributed by atoms with Gasteiger partial charge in [0.05, 0.1) is 13.7 Å². The number of methoxy groups -OCH3 is 1. The molecule has 15 heavy (non-hydrogen) atoms. The molecule has 0 aromatic heterocycles. The summed E-state index contributed by atoms with van der Waals surface area (Å²) in [6, 6.07) is 7.54. The molecule has 0 aliphatic heterocycles. The molecule has 2 N–H and O–H groups in total. The van der Waals surface area contributed by atoms with Crippen LogP contribution < -0.4 is 15.2 Å². The Hall–Kier alpha value is -1.48. The summed E-state index contributed by atoms with van der Waals surface area (Å²) in [5.74, 6) is 1.65. The second-order valence-corrected chi connectivity index (χ2v) is 3.19. The van der Waals surface area contributed by atoms with Crippen LogP contribution in [-0.4, -0.2) is 20.3 Å². The highest BCUT2D eigenvalue weighted by Gasteiger charge is 2.06. The maximum absolute atomic E-state index is 5.60. The molecule has 0 saturated heterocycles. The molecule has 82 valence electrons. The Morgan fingerprint density at radius 2 is 2.07 bits per heavy atom. The zero-order chi connectivity index (χ0) is 11.1. The molecular weight excluding hydrogens is 190 g/mol. The Balaban J connectivity index is 2.60. The van der Waals surface area contributed by atoms with E-state index in [2.05, 4.69) is 6.58 Å². The molecule has 0 radical (unpaired) electrons. The molecule has 1 aromatic carbocycles. The molecule has 3 nitrogen and oxygen atoms in total. The van der Waals surface area contributed by atoms with Gasteiger partial charge in [-0.1, -0.05) is 18.2 Å². The minimum absolute atomic E-state index is 0.176. The third kappa shape index (κ3) is 3.29. The maximum atomic E-state index is 5.60. The predicted molar refractivity (Wildman–Crippen MR) is 61.2 cm³/mol. The minimum atomic E-state index is 0.176. The van der Waals surface area contributed by atoms with E-state index < -0.39 is 0 Å². The van der Waals surface area contributed by atoms with Gasteiger partial charge in [0, 0.05) is 12.5 Å². The van der Waals surface area contributed by atoms with Gasteiger partial charge in [-0.05, 0) is 12.1 Å². The predicted octanol–water partition coefficient (Wildman–Crippen LogP) is 1.83. The van der Waals surface area contributed by atoms with E-state index in [1.165, 1.54) is 0 Å². The van der Waals surface area contributed by atoms with E-state index in [0.717, 1.165) is 11.5 Å². The second-order valence-electron chi connectivity index (χ2n) is 3.19. The zero-order valence-electron chi connectivity index (χ0n) is 8.98. The largest absolute Gasteiger partial charge is 0.493 e. The summed E-state index contributed by atoms with van der Waals surface area (Å²) in [5.41, 5.74) is 5.54. The second kappa shape index (κ2) is 6.09. The highest BCUT2D eigenvalue weighted by Crippen LogP contribution is 2.26. The van der Waals surface area contributed by atoms with Crippen molar-refractivity contribution in [2.75, 3.05) is 20.3 Å². The van der Waals surface area contributed by atoms with Crippen molar-refractivity contribution in [2.24, 2.45) is 11.7 Å². The van der Waals surface area contributed by atoms with Crippen molar-refractivity contribution in [1.82, 2.24) is 0 Å². The topological polar surface area (TPSA) is 44.5 Å². The first-order valence-electron chi connectivity index (χ1n) is 4.90. The Morgan fingerprint density at radius 1 is 1.40 bits per heavy atom. The van der Waals surface area contributed by atoms with Crippen molar-refractivity contribution >= 4 is 0 Å². The van der Waals surface area contributed by atoms with Crippen LogP contribution in [0.15, 0.2) is 36.9 Å². The van der Waals surface area contributed by atoms with Gasteiger partial charge >= 0.3 is 0 Å². The van der Waals surface area contributed by atoms with E-state index in [-0.39, 0.29) is 5.92 Å². The van der Waals surface area contributed by atoms with E-state index in [4.69, 9.17) is 15.2 Å². The molecule has 1 unspecified atom stereocenters. The van der Waals surface area contributed by atoms with Gasteiger partial charge in [-0.3, -0.25) is 0 Å². The fourth-order valence-electron chi connectivity index (χ4n) is 1.17. The van der Waals surface area contributed by atoms with Crippen LogP contribution in [0.3, 0.4) is 0 Å². The van der Waals surface area contributed by atoms with Crippen molar-refractivity contribution in [2.45, 2.75) is 0 Å². The molecule has 3 heteroatoms. The molecule has 0 amide bonds. The van der Waals surface area contributed by atoms with Crippen molar-refractivity contribution in [3.8, 4) is 11.5 Å². The van der Waals surface area contributed by atoms with Crippen molar-refractivity contribution in [1.29, 1.82) is 0 Å². The van der Waals surface area contributed by atoms with E-state index in [1.54, 1.807) is 13.2 Å². The first kappa shape index (κ1) is 11.6. The lowest BCUT2D eigenvalue weighted by atomic mass is 10.2. The molecular formula is C12H17NO2. The number of ether oxygens (including phenoxy) is 2. The van der Waals surface area contributed by atoms with E-state index >= 15 is 0 Å². The van der Waals surface area contributed by atoms with Crippen LogP contribution in [0.2, 0.25) is 0 Å². The normalized spacial score (nSPS) is 11.9. The van der Waals surface area contributed by atoms with Crippen LogP contribution in [0.5, 0.6) is 11.5 Å². The maximum Gasteiger partial charge on any atom is 0.161 e. The fourth-order valence-corrected chi connectivity index (χ4v) is 1.17. The monoisotopic (exact) mass is 207 g/mol. The van der Waals surface area contributed by atoms with Gasteiger partial charge in [0.25, 0.3) is 0 Å². The smallest absolute Gasteiger partial charge is 0.161 e. The number of hydrogen-bond donors (Lipinski definition) is 1. The van der Waals surface area contributed by atoms with Gasteiger partial charge in [-0.15, -0.1) is 6.58 Å². The summed E-state index contributed by atoms with van der Waals surface area (Å²) in [6.45, 7) is 4.76. The van der Waals surface area contributed by atoms with Crippen LogP contribution in [0.1, 0.15) is 0 Å². The van der Waals surface area contributed by atoms with Crippen LogP contribution in [0.25, 0.3) is 0 Å². The van der Waals surface area contributed by atoms with E-state index in [0.29, 0.717) is 13.2 Å². The minimum Gasteiger partial charge on any atom is -0.493 e. The summed E-state index contributed by atoms with van der Waals surface area (Å²) < 4.78 is 10.8. The number of para-hydroxylation sites is 2. The number of rotatable bonds is 6. The first-order valence-corrected chi connectivity index (χ1v) is 4.90. The fraction of sp³-hybridized carbons (Fsp3) is 0.333. The van der Waals surface area contributed by atoms with Crippen LogP contribution in [0, 0.1) is 5.92 Å². The van der Waals surface area contributed by atoms with E-state index in [1.807, 2.05) is 24.3 Å². The third-order valence-electron chi connectivity index (χ3n) is 2.16. The van der Waals surface area contributed by atoms with E-state index in [9.17, 15) is 0 Å². The Morgan fingerprint density at radius 3 is 2.60 bits per heavy atom. The van der Waals surface area contributed by atoms with Crippen LogP contribution >= 0.6 is 0 Å². The Labute approximate surface area is 90.5 Å². The van der Waals surface area contributed by atoms with Gasteiger partial charge < -0.3 is 15.2 Å². The zero-order valence-corrected chi connectivity index (χ0v) is 8.98. The standard InChI is InChI=1S/C12H17NO2/c1-3-10(8-13)9-15-12-7-5-4-6-11(12)14-2/h3-7,10H,1,8-9,13H2,2H3. The highest BCUT2D eigenvalue weighted by atomic mass is 16.5. The summed E-state index contributed by atoms with van der Waals surface area (Å²) in [4.78, 5) is 0. The lowest BCUT2D eigenvalue weighted by Gasteiger charge is -2.13. The van der Waals surface area contributed by atoms with Gasteiger partial charge in [0.1, 0.15) is 0 Å². The highest BCUT2D eigenvalue weighted by molar-refractivity contribution is 5.39. The first-order chi connectivity index (χ1) is 7.31. The summed E-state index contributed by atoms with van der Waals surface area (Å²) in [6.07, 6.45) is 1.80. The molecule has 0 aliphatic carbocycles. The van der Waals surface area contributed by atoms with Gasteiger partial charge in [-0.25, -0.2) is 0 Å². The molecule has 0 saturated carbocycles. The molecule has 0 spiro atoms. The summed E-state index contributed by atoms with van der Waals surface area (Å²) in [7, 11) is 1.62. The van der Waals surface area contributed by atoms with Crippen LogP contribution in [-0.2, 0) is 0 Å². The average molecular weight is 207 g/mol. The lowest BCUT2D eigenvalue weighted by molar-refractivity contribution is 0.263. The summed E-state index contributed by atoms with van der Waals surface area (Å²) in [5, 5.41) is 0. The SMILES string of the molecule is C=CC(CN)COc1ccccc1OC.